The molecule has 0 radical (unpaired) electrons. The van der Waals surface area contributed by atoms with Crippen LogP contribution in [0.2, 0.25) is 0 Å². The van der Waals surface area contributed by atoms with E-state index in [4.69, 9.17) is 5.11 Å². The van der Waals surface area contributed by atoms with Crippen molar-refractivity contribution in [1.29, 1.82) is 0 Å². The summed E-state index contributed by atoms with van der Waals surface area (Å²) in [5, 5.41) is 24.8. The fourth-order valence-electron chi connectivity index (χ4n) is 1.46. The molecule has 0 bridgehead atoms. The Balaban J connectivity index is 3.18. The van der Waals surface area contributed by atoms with Gasteiger partial charge in [-0.05, 0) is 13.0 Å². The maximum atomic E-state index is 11.1. The number of carboxylic acids is 1. The SMILES string of the molecule is CNC(=O)CNc1cc(C(=O)O)cc([N+](=O)[O-])c1C. The van der Waals surface area contributed by atoms with E-state index in [1.807, 2.05) is 0 Å². The van der Waals surface area contributed by atoms with Crippen molar-refractivity contribution in [3.05, 3.63) is 33.4 Å². The molecule has 0 spiro atoms. The molecule has 0 aliphatic rings. The van der Waals surface area contributed by atoms with Crippen LogP contribution < -0.4 is 10.6 Å². The maximum absolute atomic E-state index is 11.1. The zero-order valence-electron chi connectivity index (χ0n) is 10.4. The minimum Gasteiger partial charge on any atom is -0.478 e. The van der Waals surface area contributed by atoms with Crippen molar-refractivity contribution in [2.45, 2.75) is 6.92 Å². The molecule has 0 saturated heterocycles. The van der Waals surface area contributed by atoms with Crippen LogP contribution in [0.15, 0.2) is 12.1 Å². The Morgan fingerprint density at radius 3 is 2.53 bits per heavy atom. The van der Waals surface area contributed by atoms with Gasteiger partial charge in [0.2, 0.25) is 5.91 Å². The van der Waals surface area contributed by atoms with Crippen LogP contribution in [-0.4, -0.2) is 35.5 Å². The number of carbonyl (C=O) groups is 2. The summed E-state index contributed by atoms with van der Waals surface area (Å²) in [6, 6.07) is 2.25. The van der Waals surface area contributed by atoms with Crippen molar-refractivity contribution in [3.63, 3.8) is 0 Å². The number of nitrogens with one attached hydrogen (secondary N) is 2. The van der Waals surface area contributed by atoms with Crippen LogP contribution in [0.25, 0.3) is 0 Å². The lowest BCUT2D eigenvalue weighted by molar-refractivity contribution is -0.385. The predicted octanol–water partition coefficient (Wildman–Crippen LogP) is 0.759. The highest BCUT2D eigenvalue weighted by Crippen LogP contribution is 2.27. The van der Waals surface area contributed by atoms with E-state index in [0.29, 0.717) is 0 Å². The van der Waals surface area contributed by atoms with Gasteiger partial charge in [0.25, 0.3) is 5.69 Å². The zero-order valence-corrected chi connectivity index (χ0v) is 10.4. The number of carboxylic acid groups (broad SMARTS) is 1. The second-order valence-corrected chi connectivity index (χ2v) is 3.76. The summed E-state index contributed by atoms with van der Waals surface area (Å²) in [6.07, 6.45) is 0. The second kappa shape index (κ2) is 5.80. The number of amides is 1. The minimum absolute atomic E-state index is 0.0996. The number of nitro groups is 1. The lowest BCUT2D eigenvalue weighted by Gasteiger charge is -2.10. The molecule has 1 rings (SSSR count). The molecule has 0 saturated carbocycles. The molecule has 0 heterocycles. The van der Waals surface area contributed by atoms with Gasteiger partial charge in [-0.1, -0.05) is 0 Å². The van der Waals surface area contributed by atoms with E-state index in [1.54, 1.807) is 0 Å². The largest absolute Gasteiger partial charge is 0.478 e. The van der Waals surface area contributed by atoms with Crippen LogP contribution in [0.4, 0.5) is 11.4 Å². The lowest BCUT2D eigenvalue weighted by atomic mass is 10.1. The van der Waals surface area contributed by atoms with Gasteiger partial charge < -0.3 is 15.7 Å². The summed E-state index contributed by atoms with van der Waals surface area (Å²) in [6.45, 7) is 1.38. The number of hydrogen-bond donors (Lipinski definition) is 3. The average Bonchev–Trinajstić information content (AvgIpc) is 2.36. The molecule has 0 unspecified atom stereocenters. The Hall–Kier alpha value is -2.64. The average molecular weight is 267 g/mol. The van der Waals surface area contributed by atoms with Gasteiger partial charge in [0.05, 0.1) is 17.0 Å². The van der Waals surface area contributed by atoms with Gasteiger partial charge in [-0.2, -0.15) is 0 Å². The van der Waals surface area contributed by atoms with Crippen LogP contribution in [0.3, 0.4) is 0 Å². The van der Waals surface area contributed by atoms with Crippen LogP contribution in [0, 0.1) is 17.0 Å². The number of likely N-dealkylation sites (N-methyl/N-ethyl adjacent to an activating group) is 1. The van der Waals surface area contributed by atoms with Gasteiger partial charge in [-0.25, -0.2) is 4.79 Å². The molecule has 8 nitrogen and oxygen atoms in total. The van der Waals surface area contributed by atoms with Crippen molar-refractivity contribution >= 4 is 23.3 Å². The number of anilines is 1. The van der Waals surface area contributed by atoms with E-state index in [2.05, 4.69) is 10.6 Å². The number of hydrogen-bond acceptors (Lipinski definition) is 5. The van der Waals surface area contributed by atoms with Crippen molar-refractivity contribution in [3.8, 4) is 0 Å². The van der Waals surface area contributed by atoms with Gasteiger partial charge >= 0.3 is 5.97 Å². The summed E-state index contributed by atoms with van der Waals surface area (Å²) in [5.74, 6) is -1.59. The third-order valence-corrected chi connectivity index (χ3v) is 2.54. The van der Waals surface area contributed by atoms with Gasteiger partial charge in [-0.15, -0.1) is 0 Å². The number of nitrogens with zero attached hydrogens (tertiary/aromatic N) is 1. The first-order valence-corrected chi connectivity index (χ1v) is 5.33. The van der Waals surface area contributed by atoms with Crippen molar-refractivity contribution in [1.82, 2.24) is 5.32 Å². The number of rotatable bonds is 5. The van der Waals surface area contributed by atoms with Crippen LogP contribution in [-0.2, 0) is 4.79 Å². The van der Waals surface area contributed by atoms with E-state index < -0.39 is 10.9 Å². The summed E-state index contributed by atoms with van der Waals surface area (Å²) in [7, 11) is 1.45. The molecule has 19 heavy (non-hydrogen) atoms. The molecule has 0 aliphatic carbocycles. The first-order chi connectivity index (χ1) is 8.86. The standard InChI is InChI=1S/C11H13N3O5/c1-6-8(13-5-10(15)12-2)3-7(11(16)17)4-9(6)14(18)19/h3-4,13H,5H2,1-2H3,(H,12,15)(H,16,17). The Labute approximate surface area is 108 Å². The Bertz CT molecular complexity index is 541. The molecule has 0 atom stereocenters. The summed E-state index contributed by atoms with van der Waals surface area (Å²) < 4.78 is 0. The molecule has 3 N–H and O–H groups in total. The smallest absolute Gasteiger partial charge is 0.336 e. The summed E-state index contributed by atoms with van der Waals surface area (Å²) in [4.78, 5) is 32.2. The molecule has 0 fully saturated rings. The van der Waals surface area contributed by atoms with Gasteiger partial charge in [0.1, 0.15) is 0 Å². The lowest BCUT2D eigenvalue weighted by Crippen LogP contribution is -2.26. The van der Waals surface area contributed by atoms with Crippen LogP contribution in [0.5, 0.6) is 0 Å². The third kappa shape index (κ3) is 3.41. The minimum atomic E-state index is -1.27. The number of benzene rings is 1. The van der Waals surface area contributed by atoms with E-state index in [9.17, 15) is 19.7 Å². The monoisotopic (exact) mass is 267 g/mol. The van der Waals surface area contributed by atoms with Crippen molar-refractivity contribution in [2.24, 2.45) is 0 Å². The number of aromatic carboxylic acids is 1. The number of nitro benzene ring substituents is 1. The van der Waals surface area contributed by atoms with Crippen molar-refractivity contribution < 1.29 is 19.6 Å². The topological polar surface area (TPSA) is 122 Å². The molecule has 1 aromatic carbocycles. The molecule has 8 heteroatoms. The van der Waals surface area contributed by atoms with Crippen LogP contribution in [0.1, 0.15) is 15.9 Å². The van der Waals surface area contributed by atoms with Gasteiger partial charge in [0.15, 0.2) is 0 Å². The Morgan fingerprint density at radius 1 is 1.42 bits per heavy atom. The summed E-state index contributed by atoms with van der Waals surface area (Å²) >= 11 is 0. The maximum Gasteiger partial charge on any atom is 0.336 e. The Kier molecular flexibility index (Phi) is 4.41. The highest BCUT2D eigenvalue weighted by Gasteiger charge is 2.19. The van der Waals surface area contributed by atoms with Crippen molar-refractivity contribution in [2.75, 3.05) is 18.9 Å². The second-order valence-electron chi connectivity index (χ2n) is 3.76. The fourth-order valence-corrected chi connectivity index (χ4v) is 1.46. The molecular weight excluding hydrogens is 254 g/mol. The third-order valence-electron chi connectivity index (χ3n) is 2.54. The highest BCUT2D eigenvalue weighted by molar-refractivity contribution is 5.91. The van der Waals surface area contributed by atoms with Crippen LogP contribution >= 0.6 is 0 Å². The molecule has 1 amide bonds. The molecule has 1 aromatic rings. The fraction of sp³-hybridized carbons (Fsp3) is 0.273. The van der Waals surface area contributed by atoms with Gasteiger partial charge in [0, 0.05) is 24.4 Å². The summed E-state index contributed by atoms with van der Waals surface area (Å²) in [5.41, 5.74) is 0.00474. The van der Waals surface area contributed by atoms with E-state index in [0.717, 1.165) is 6.07 Å². The molecule has 0 aliphatic heterocycles. The Morgan fingerprint density at radius 2 is 2.05 bits per heavy atom. The first-order valence-electron chi connectivity index (χ1n) is 5.33. The zero-order chi connectivity index (χ0) is 14.6. The molecule has 102 valence electrons. The first kappa shape index (κ1) is 14.4. The van der Waals surface area contributed by atoms with E-state index >= 15 is 0 Å². The predicted molar refractivity (Wildman–Crippen MR) is 67.3 cm³/mol. The highest BCUT2D eigenvalue weighted by atomic mass is 16.6. The van der Waals surface area contributed by atoms with E-state index in [-0.39, 0.29) is 35.0 Å². The molecular formula is C11H13N3O5. The molecule has 0 aromatic heterocycles. The van der Waals surface area contributed by atoms with Gasteiger partial charge in [-0.3, -0.25) is 14.9 Å². The van der Waals surface area contributed by atoms with E-state index in [1.165, 1.54) is 20.0 Å². The number of carbonyl (C=O) groups excluding carboxylic acids is 1. The quantitative estimate of drug-likeness (QED) is 0.534. The normalized spacial score (nSPS) is 9.79.